The number of para-hydroxylation sites is 2. The Hall–Kier alpha value is -2.34. The van der Waals surface area contributed by atoms with Crippen LogP contribution in [0, 0.1) is 5.82 Å². The lowest BCUT2D eigenvalue weighted by atomic mass is 10.2. The standard InChI is InChI=1S/C21H24FN3OS/c1-2-3-4-7-13-25-19-12-6-5-11-18(19)24-21(25)27-15-20(26)23-17-10-8-9-16(22)14-17/h5-6,8-12,14H,2-4,7,13,15H2,1H3,(H,23,26). The second-order valence-electron chi connectivity index (χ2n) is 6.44. The molecule has 1 heterocycles. The Morgan fingerprint density at radius 2 is 2.00 bits per heavy atom. The predicted molar refractivity (Wildman–Crippen MR) is 110 cm³/mol. The number of aryl methyl sites for hydroxylation is 1. The van der Waals surface area contributed by atoms with Crippen molar-refractivity contribution in [2.45, 2.75) is 44.3 Å². The van der Waals surface area contributed by atoms with Gasteiger partial charge >= 0.3 is 0 Å². The van der Waals surface area contributed by atoms with Gasteiger partial charge in [0, 0.05) is 12.2 Å². The molecule has 0 saturated heterocycles. The zero-order valence-electron chi connectivity index (χ0n) is 15.5. The van der Waals surface area contributed by atoms with E-state index < -0.39 is 0 Å². The van der Waals surface area contributed by atoms with E-state index in [-0.39, 0.29) is 17.5 Å². The third-order valence-electron chi connectivity index (χ3n) is 4.30. The van der Waals surface area contributed by atoms with Crippen LogP contribution in [0.2, 0.25) is 0 Å². The van der Waals surface area contributed by atoms with Gasteiger partial charge in [-0.05, 0) is 36.8 Å². The van der Waals surface area contributed by atoms with Crippen molar-refractivity contribution in [1.29, 1.82) is 0 Å². The zero-order valence-corrected chi connectivity index (χ0v) is 16.3. The Kier molecular flexibility index (Phi) is 6.87. The molecule has 1 amide bonds. The average Bonchev–Trinajstić information content (AvgIpc) is 3.01. The second-order valence-corrected chi connectivity index (χ2v) is 7.39. The maximum absolute atomic E-state index is 13.2. The molecule has 0 bridgehead atoms. The lowest BCUT2D eigenvalue weighted by molar-refractivity contribution is -0.113. The monoisotopic (exact) mass is 385 g/mol. The molecule has 6 heteroatoms. The fourth-order valence-electron chi connectivity index (χ4n) is 2.97. The number of halogens is 1. The first-order chi connectivity index (χ1) is 13.2. The molecule has 0 saturated carbocycles. The lowest BCUT2D eigenvalue weighted by Crippen LogP contribution is -2.14. The van der Waals surface area contributed by atoms with E-state index in [0.717, 1.165) is 29.2 Å². The van der Waals surface area contributed by atoms with Crippen LogP contribution in [0.25, 0.3) is 11.0 Å². The van der Waals surface area contributed by atoms with Crippen LogP contribution in [0.4, 0.5) is 10.1 Å². The molecule has 0 aliphatic rings. The number of carbonyl (C=O) groups is 1. The van der Waals surface area contributed by atoms with E-state index in [1.54, 1.807) is 12.1 Å². The smallest absolute Gasteiger partial charge is 0.234 e. The second kappa shape index (κ2) is 9.55. The van der Waals surface area contributed by atoms with Gasteiger partial charge < -0.3 is 9.88 Å². The molecule has 142 valence electrons. The van der Waals surface area contributed by atoms with Crippen LogP contribution in [0.5, 0.6) is 0 Å². The molecule has 3 rings (SSSR count). The predicted octanol–water partition coefficient (Wildman–Crippen LogP) is 5.49. The molecule has 1 N–H and O–H groups in total. The number of hydrogen-bond acceptors (Lipinski definition) is 3. The largest absolute Gasteiger partial charge is 0.325 e. The van der Waals surface area contributed by atoms with Gasteiger partial charge in [-0.2, -0.15) is 0 Å². The van der Waals surface area contributed by atoms with E-state index in [9.17, 15) is 9.18 Å². The van der Waals surface area contributed by atoms with Crippen molar-refractivity contribution in [3.05, 3.63) is 54.3 Å². The number of aromatic nitrogens is 2. The van der Waals surface area contributed by atoms with E-state index in [1.807, 2.05) is 18.2 Å². The molecule has 3 aromatic rings. The molecule has 0 unspecified atom stereocenters. The summed E-state index contributed by atoms with van der Waals surface area (Å²) in [5.74, 6) is -0.307. The molecule has 0 spiro atoms. The van der Waals surface area contributed by atoms with Gasteiger partial charge in [0.05, 0.1) is 16.8 Å². The summed E-state index contributed by atoms with van der Waals surface area (Å²) in [6.45, 7) is 3.10. The highest BCUT2D eigenvalue weighted by molar-refractivity contribution is 7.99. The highest BCUT2D eigenvalue weighted by Crippen LogP contribution is 2.25. The first-order valence-electron chi connectivity index (χ1n) is 9.31. The summed E-state index contributed by atoms with van der Waals surface area (Å²) >= 11 is 1.41. The topological polar surface area (TPSA) is 46.9 Å². The van der Waals surface area contributed by atoms with Crippen LogP contribution in [0.3, 0.4) is 0 Å². The Bertz CT molecular complexity index is 909. The minimum atomic E-state index is -0.366. The van der Waals surface area contributed by atoms with Crippen molar-refractivity contribution in [2.24, 2.45) is 0 Å². The number of benzene rings is 2. The van der Waals surface area contributed by atoms with Gasteiger partial charge in [-0.3, -0.25) is 4.79 Å². The summed E-state index contributed by atoms with van der Waals surface area (Å²) in [5.41, 5.74) is 2.51. The van der Waals surface area contributed by atoms with Crippen molar-refractivity contribution >= 4 is 34.4 Å². The number of imidazole rings is 1. The number of fused-ring (bicyclic) bond motifs is 1. The van der Waals surface area contributed by atoms with Crippen molar-refractivity contribution in [3.8, 4) is 0 Å². The molecular formula is C21H24FN3OS. The molecule has 0 radical (unpaired) electrons. The quantitative estimate of drug-likeness (QED) is 0.391. The van der Waals surface area contributed by atoms with E-state index >= 15 is 0 Å². The third kappa shape index (κ3) is 5.32. The maximum Gasteiger partial charge on any atom is 0.234 e. The van der Waals surface area contributed by atoms with Crippen LogP contribution in [0.15, 0.2) is 53.7 Å². The zero-order chi connectivity index (χ0) is 19.1. The molecule has 0 fully saturated rings. The number of carbonyl (C=O) groups excluding carboxylic acids is 1. The minimum absolute atomic E-state index is 0.171. The first-order valence-corrected chi connectivity index (χ1v) is 10.3. The molecule has 0 atom stereocenters. The van der Waals surface area contributed by atoms with Crippen molar-refractivity contribution < 1.29 is 9.18 Å². The summed E-state index contributed by atoms with van der Waals surface area (Å²) < 4.78 is 15.4. The number of nitrogens with zero attached hydrogens (tertiary/aromatic N) is 2. The number of rotatable bonds is 9. The molecule has 1 aromatic heterocycles. The molecule has 27 heavy (non-hydrogen) atoms. The number of anilines is 1. The van der Waals surface area contributed by atoms with Gasteiger partial charge in [-0.25, -0.2) is 9.37 Å². The van der Waals surface area contributed by atoms with Crippen LogP contribution >= 0.6 is 11.8 Å². The van der Waals surface area contributed by atoms with Crippen LogP contribution in [0.1, 0.15) is 32.6 Å². The van der Waals surface area contributed by atoms with E-state index in [0.29, 0.717) is 5.69 Å². The number of thioether (sulfide) groups is 1. The summed E-state index contributed by atoms with van der Waals surface area (Å²) in [5, 5.41) is 3.58. The third-order valence-corrected chi connectivity index (χ3v) is 5.27. The van der Waals surface area contributed by atoms with Gasteiger partial charge in [0.25, 0.3) is 0 Å². The number of amides is 1. The van der Waals surface area contributed by atoms with E-state index in [1.165, 1.54) is 43.2 Å². The normalized spacial score (nSPS) is 11.0. The SMILES string of the molecule is CCCCCCn1c(SCC(=O)Nc2cccc(F)c2)nc2ccccc21. The average molecular weight is 386 g/mol. The van der Waals surface area contributed by atoms with E-state index in [4.69, 9.17) is 4.98 Å². The van der Waals surface area contributed by atoms with Crippen molar-refractivity contribution in [2.75, 3.05) is 11.1 Å². The molecule has 2 aromatic carbocycles. The fraction of sp³-hybridized carbons (Fsp3) is 0.333. The number of hydrogen-bond donors (Lipinski definition) is 1. The van der Waals surface area contributed by atoms with Crippen LogP contribution in [-0.2, 0) is 11.3 Å². The Labute approximate surface area is 163 Å². The minimum Gasteiger partial charge on any atom is -0.325 e. The fourth-order valence-corrected chi connectivity index (χ4v) is 3.81. The Morgan fingerprint density at radius 3 is 2.81 bits per heavy atom. The maximum atomic E-state index is 13.2. The Morgan fingerprint density at radius 1 is 1.15 bits per heavy atom. The summed E-state index contributed by atoms with van der Waals surface area (Å²) in [6.07, 6.45) is 4.71. The molecule has 4 nitrogen and oxygen atoms in total. The van der Waals surface area contributed by atoms with Gasteiger partial charge in [-0.15, -0.1) is 0 Å². The van der Waals surface area contributed by atoms with Gasteiger partial charge in [-0.1, -0.05) is 56.1 Å². The van der Waals surface area contributed by atoms with E-state index in [2.05, 4.69) is 22.9 Å². The van der Waals surface area contributed by atoms with Crippen LogP contribution in [-0.4, -0.2) is 21.2 Å². The number of nitrogens with one attached hydrogen (secondary N) is 1. The van der Waals surface area contributed by atoms with Crippen molar-refractivity contribution in [3.63, 3.8) is 0 Å². The van der Waals surface area contributed by atoms with Gasteiger partial charge in [0.1, 0.15) is 5.82 Å². The number of unbranched alkanes of at least 4 members (excludes halogenated alkanes) is 3. The first kappa shape index (κ1) is 19.4. The van der Waals surface area contributed by atoms with Crippen LogP contribution < -0.4 is 5.32 Å². The highest BCUT2D eigenvalue weighted by Gasteiger charge is 2.13. The summed E-state index contributed by atoms with van der Waals surface area (Å²) in [7, 11) is 0. The highest BCUT2D eigenvalue weighted by atomic mass is 32.2. The molecular weight excluding hydrogens is 361 g/mol. The molecule has 0 aliphatic carbocycles. The van der Waals surface area contributed by atoms with Gasteiger partial charge in [0.2, 0.25) is 5.91 Å². The molecule has 0 aliphatic heterocycles. The summed E-state index contributed by atoms with van der Waals surface area (Å²) in [6, 6.07) is 14.0. The van der Waals surface area contributed by atoms with Gasteiger partial charge in [0.15, 0.2) is 5.16 Å². The Balaban J connectivity index is 1.67. The summed E-state index contributed by atoms with van der Waals surface area (Å²) in [4.78, 5) is 16.9. The lowest BCUT2D eigenvalue weighted by Gasteiger charge is -2.09. The van der Waals surface area contributed by atoms with Crippen molar-refractivity contribution in [1.82, 2.24) is 9.55 Å².